The molecule has 2 amide bonds. The lowest BCUT2D eigenvalue weighted by Gasteiger charge is -2.25. The third-order valence-electron chi connectivity index (χ3n) is 5.63. The molecule has 2 heterocycles. The van der Waals surface area contributed by atoms with Crippen LogP contribution in [-0.2, 0) is 11.3 Å². The highest BCUT2D eigenvalue weighted by Gasteiger charge is 2.38. The Labute approximate surface area is 168 Å². The smallest absolute Gasteiger partial charge is 0.254 e. The maximum atomic E-state index is 13.0. The molecule has 0 unspecified atom stereocenters. The van der Waals surface area contributed by atoms with Crippen LogP contribution in [0.1, 0.15) is 61.9 Å². The Morgan fingerprint density at radius 1 is 1.11 bits per heavy atom. The lowest BCUT2D eigenvalue weighted by Crippen LogP contribution is -2.47. The van der Waals surface area contributed by atoms with Crippen LogP contribution < -0.4 is 11.1 Å². The Hall–Kier alpha value is -1.92. The summed E-state index contributed by atoms with van der Waals surface area (Å²) in [5.74, 6) is -0.229. The van der Waals surface area contributed by atoms with E-state index in [1.807, 2.05) is 38.1 Å². The number of rotatable bonds is 5. The normalized spacial score (nSPS) is 23.6. The Bertz CT molecular complexity index is 666. The van der Waals surface area contributed by atoms with Gasteiger partial charge in [-0.2, -0.15) is 0 Å². The van der Waals surface area contributed by atoms with E-state index in [9.17, 15) is 9.59 Å². The number of benzene rings is 1. The number of carbonyl (C=O) groups excluding carboxylic acids is 2. The first kappa shape index (κ1) is 20.8. The number of nitrogens with one attached hydrogen (secondary N) is 1. The second-order valence-electron chi connectivity index (χ2n) is 8.52. The molecule has 1 aromatic carbocycles. The quantitative estimate of drug-likeness (QED) is 0.813. The highest BCUT2D eigenvalue weighted by atomic mass is 16.2. The summed E-state index contributed by atoms with van der Waals surface area (Å²) < 4.78 is 0. The molecule has 28 heavy (non-hydrogen) atoms. The molecule has 2 saturated heterocycles. The molecule has 3 N–H and O–H groups in total. The molecule has 2 aliphatic heterocycles. The molecule has 0 aromatic heterocycles. The molecule has 2 atom stereocenters. The van der Waals surface area contributed by atoms with Crippen molar-refractivity contribution in [3.05, 3.63) is 35.4 Å². The van der Waals surface area contributed by atoms with Gasteiger partial charge in [0, 0.05) is 30.7 Å². The number of amides is 2. The lowest BCUT2D eigenvalue weighted by molar-refractivity contribution is -0.125. The summed E-state index contributed by atoms with van der Waals surface area (Å²) in [6.45, 7) is 7.49. The van der Waals surface area contributed by atoms with Crippen molar-refractivity contribution in [2.24, 2.45) is 5.73 Å². The van der Waals surface area contributed by atoms with E-state index < -0.39 is 6.04 Å². The van der Waals surface area contributed by atoms with Crippen molar-refractivity contribution in [1.29, 1.82) is 0 Å². The number of likely N-dealkylation sites (tertiary alicyclic amines) is 2. The molecule has 0 bridgehead atoms. The van der Waals surface area contributed by atoms with E-state index in [1.54, 1.807) is 4.90 Å². The maximum absolute atomic E-state index is 13.0. The van der Waals surface area contributed by atoms with Crippen molar-refractivity contribution in [1.82, 2.24) is 15.1 Å². The zero-order chi connectivity index (χ0) is 20.1. The number of hydrogen-bond acceptors (Lipinski definition) is 4. The highest BCUT2D eigenvalue weighted by molar-refractivity contribution is 5.98. The molecule has 3 rings (SSSR count). The summed E-state index contributed by atoms with van der Waals surface area (Å²) in [6, 6.07) is 7.25. The van der Waals surface area contributed by atoms with Gasteiger partial charge in [0.1, 0.15) is 6.04 Å². The second kappa shape index (κ2) is 9.52. The molecule has 2 aliphatic rings. The van der Waals surface area contributed by atoms with Gasteiger partial charge >= 0.3 is 0 Å². The van der Waals surface area contributed by atoms with Gasteiger partial charge in [0.05, 0.1) is 0 Å². The maximum Gasteiger partial charge on any atom is 0.254 e. The van der Waals surface area contributed by atoms with Gasteiger partial charge in [-0.1, -0.05) is 25.0 Å². The average Bonchev–Trinajstić information content (AvgIpc) is 2.87. The Morgan fingerprint density at radius 2 is 1.75 bits per heavy atom. The summed E-state index contributed by atoms with van der Waals surface area (Å²) in [4.78, 5) is 29.6. The predicted octanol–water partition coefficient (Wildman–Crippen LogP) is 2.13. The zero-order valence-electron chi connectivity index (χ0n) is 17.2. The molecule has 0 saturated carbocycles. The minimum atomic E-state index is -0.485. The number of nitrogens with zero attached hydrogens (tertiary/aromatic N) is 2. The molecule has 0 radical (unpaired) electrons. The molecule has 0 aliphatic carbocycles. The van der Waals surface area contributed by atoms with Gasteiger partial charge in [0.25, 0.3) is 5.91 Å². The van der Waals surface area contributed by atoms with E-state index in [0.717, 1.165) is 19.6 Å². The summed E-state index contributed by atoms with van der Waals surface area (Å²) in [6.07, 6.45) is 5.70. The minimum absolute atomic E-state index is 0.0412. The molecule has 1 aromatic rings. The van der Waals surface area contributed by atoms with Crippen molar-refractivity contribution in [3.8, 4) is 0 Å². The van der Waals surface area contributed by atoms with Crippen LogP contribution in [0.5, 0.6) is 0 Å². The lowest BCUT2D eigenvalue weighted by atomic mass is 10.1. The summed E-state index contributed by atoms with van der Waals surface area (Å²) >= 11 is 0. The van der Waals surface area contributed by atoms with Crippen LogP contribution in [0.3, 0.4) is 0 Å². The fourth-order valence-electron chi connectivity index (χ4n) is 4.19. The Balaban J connectivity index is 1.65. The van der Waals surface area contributed by atoms with Crippen LogP contribution in [0.2, 0.25) is 0 Å². The Morgan fingerprint density at radius 3 is 2.36 bits per heavy atom. The van der Waals surface area contributed by atoms with E-state index in [1.165, 1.54) is 31.2 Å². The SMILES string of the molecule is CC(C)NC(=O)[C@@H]1C[C@@H](N)CN1C(=O)c1ccc(CN2CCCCCC2)cc1. The van der Waals surface area contributed by atoms with Gasteiger partial charge in [-0.15, -0.1) is 0 Å². The van der Waals surface area contributed by atoms with Gasteiger partial charge in [-0.25, -0.2) is 0 Å². The standard InChI is InChI=1S/C22H34N4O2/c1-16(2)24-21(27)20-13-19(23)15-26(20)22(28)18-9-7-17(8-10-18)14-25-11-5-3-4-6-12-25/h7-10,16,19-20H,3-6,11-15,23H2,1-2H3,(H,24,27)/t19-,20+/m1/s1. The summed E-state index contributed by atoms with van der Waals surface area (Å²) in [5.41, 5.74) is 7.91. The molecule has 6 heteroatoms. The zero-order valence-corrected chi connectivity index (χ0v) is 17.2. The molecular weight excluding hydrogens is 352 g/mol. The second-order valence-corrected chi connectivity index (χ2v) is 8.52. The first-order chi connectivity index (χ1) is 13.4. The van der Waals surface area contributed by atoms with Gasteiger partial charge in [-0.3, -0.25) is 14.5 Å². The molecule has 154 valence electrons. The van der Waals surface area contributed by atoms with Crippen LogP contribution in [0.4, 0.5) is 0 Å². The van der Waals surface area contributed by atoms with Crippen molar-refractivity contribution in [3.63, 3.8) is 0 Å². The van der Waals surface area contributed by atoms with Crippen molar-refractivity contribution < 1.29 is 9.59 Å². The molecule has 0 spiro atoms. The number of nitrogens with two attached hydrogens (primary N) is 1. The third kappa shape index (κ3) is 5.32. The van der Waals surface area contributed by atoms with Gasteiger partial charge in [0.2, 0.25) is 5.91 Å². The van der Waals surface area contributed by atoms with Crippen LogP contribution in [0.15, 0.2) is 24.3 Å². The van der Waals surface area contributed by atoms with Crippen molar-refractivity contribution >= 4 is 11.8 Å². The fraction of sp³-hybridized carbons (Fsp3) is 0.636. The van der Waals surface area contributed by atoms with E-state index in [0.29, 0.717) is 18.5 Å². The average molecular weight is 387 g/mol. The van der Waals surface area contributed by atoms with Crippen molar-refractivity contribution in [2.45, 2.75) is 70.6 Å². The third-order valence-corrected chi connectivity index (χ3v) is 5.63. The van der Waals surface area contributed by atoms with Gasteiger partial charge in [-0.05, 0) is 63.9 Å². The molecular formula is C22H34N4O2. The van der Waals surface area contributed by atoms with E-state index >= 15 is 0 Å². The fourth-order valence-corrected chi connectivity index (χ4v) is 4.19. The van der Waals surface area contributed by atoms with Crippen LogP contribution in [-0.4, -0.2) is 59.4 Å². The predicted molar refractivity (Wildman–Crippen MR) is 111 cm³/mol. The number of carbonyl (C=O) groups is 2. The Kier molecular flexibility index (Phi) is 7.08. The van der Waals surface area contributed by atoms with E-state index in [2.05, 4.69) is 10.2 Å². The highest BCUT2D eigenvalue weighted by Crippen LogP contribution is 2.21. The van der Waals surface area contributed by atoms with Crippen molar-refractivity contribution in [2.75, 3.05) is 19.6 Å². The van der Waals surface area contributed by atoms with Crippen LogP contribution >= 0.6 is 0 Å². The molecule has 2 fully saturated rings. The summed E-state index contributed by atoms with van der Waals surface area (Å²) in [7, 11) is 0. The van der Waals surface area contributed by atoms with Gasteiger partial charge < -0.3 is 16.0 Å². The van der Waals surface area contributed by atoms with Crippen LogP contribution in [0, 0.1) is 0 Å². The van der Waals surface area contributed by atoms with Gasteiger partial charge in [0.15, 0.2) is 0 Å². The number of hydrogen-bond donors (Lipinski definition) is 2. The topological polar surface area (TPSA) is 78.7 Å². The first-order valence-corrected chi connectivity index (χ1v) is 10.6. The summed E-state index contributed by atoms with van der Waals surface area (Å²) in [5, 5.41) is 2.91. The largest absolute Gasteiger partial charge is 0.352 e. The minimum Gasteiger partial charge on any atom is -0.352 e. The molecule has 6 nitrogen and oxygen atoms in total. The van der Waals surface area contributed by atoms with Crippen LogP contribution in [0.25, 0.3) is 0 Å². The van der Waals surface area contributed by atoms with E-state index in [-0.39, 0.29) is 23.9 Å². The first-order valence-electron chi connectivity index (χ1n) is 10.6. The van der Waals surface area contributed by atoms with E-state index in [4.69, 9.17) is 5.73 Å². The monoisotopic (exact) mass is 386 g/mol.